The summed E-state index contributed by atoms with van der Waals surface area (Å²) in [5, 5.41) is 8.77. The Kier molecular flexibility index (Phi) is 6.60. The van der Waals surface area contributed by atoms with E-state index < -0.39 is 0 Å². The van der Waals surface area contributed by atoms with Crippen LogP contribution in [0.3, 0.4) is 0 Å². The number of fused-ring (bicyclic) bond motifs is 1. The van der Waals surface area contributed by atoms with Gasteiger partial charge in [-0.1, -0.05) is 28.9 Å². The van der Waals surface area contributed by atoms with Crippen molar-refractivity contribution < 1.29 is 14.3 Å². The number of carbonyl (C=O) groups excluding carboxylic acids is 1. The third-order valence-corrected chi connectivity index (χ3v) is 6.65. The molecule has 0 saturated carbocycles. The van der Waals surface area contributed by atoms with Gasteiger partial charge in [0.25, 0.3) is 11.5 Å². The summed E-state index contributed by atoms with van der Waals surface area (Å²) in [5.41, 5.74) is 1.77. The molecule has 1 saturated heterocycles. The number of aromatic nitrogens is 5. The third kappa shape index (κ3) is 4.64. The first kappa shape index (κ1) is 23.8. The first-order valence-corrected chi connectivity index (χ1v) is 11.9. The molecule has 186 valence electrons. The minimum atomic E-state index is -0.323. The molecule has 3 heterocycles. The summed E-state index contributed by atoms with van der Waals surface area (Å²) < 4.78 is 12.2. The Bertz CT molecular complexity index is 1480. The summed E-state index contributed by atoms with van der Waals surface area (Å²) in [6, 6.07) is 12.6. The maximum absolute atomic E-state index is 13.1. The second-order valence-corrected chi connectivity index (χ2v) is 9.07. The summed E-state index contributed by atoms with van der Waals surface area (Å²) in [6.07, 6.45) is 1.34. The first-order chi connectivity index (χ1) is 17.5. The Labute approximate surface area is 211 Å². The highest BCUT2D eigenvalue weighted by Gasteiger charge is 2.27. The lowest BCUT2D eigenvalue weighted by atomic mass is 9.95. The first-order valence-electron chi connectivity index (χ1n) is 11.6. The predicted octanol–water partition coefficient (Wildman–Crippen LogP) is 3.25. The zero-order valence-electron chi connectivity index (χ0n) is 19.9. The molecule has 0 bridgehead atoms. The number of H-pyrrole nitrogens is 1. The molecule has 2 aromatic carbocycles. The van der Waals surface area contributed by atoms with Crippen LogP contribution < -0.4 is 15.0 Å². The fourth-order valence-corrected chi connectivity index (χ4v) is 4.71. The van der Waals surface area contributed by atoms with E-state index in [1.54, 1.807) is 48.1 Å². The molecule has 0 atom stereocenters. The van der Waals surface area contributed by atoms with Gasteiger partial charge >= 0.3 is 0 Å². The Balaban J connectivity index is 1.32. The second-order valence-electron chi connectivity index (χ2n) is 8.64. The number of hydrogen-bond acceptors (Lipinski definition) is 7. The summed E-state index contributed by atoms with van der Waals surface area (Å²) >= 11 is 6.10. The van der Waals surface area contributed by atoms with Crippen molar-refractivity contribution in [3.05, 3.63) is 74.8 Å². The maximum Gasteiger partial charge on any atom is 0.281 e. The number of ether oxygens (including phenoxy) is 2. The molecule has 10 nitrogen and oxygen atoms in total. The lowest BCUT2D eigenvalue weighted by Crippen LogP contribution is -2.38. The molecule has 0 spiro atoms. The number of carbonyl (C=O) groups is 1. The van der Waals surface area contributed by atoms with Crippen molar-refractivity contribution in [2.75, 3.05) is 27.3 Å². The average Bonchev–Trinajstić information content (AvgIpc) is 3.31. The molecule has 1 amide bonds. The van der Waals surface area contributed by atoms with E-state index in [1.165, 1.54) is 0 Å². The van der Waals surface area contributed by atoms with E-state index in [-0.39, 0.29) is 22.9 Å². The molecule has 2 aromatic heterocycles. The normalized spacial score (nSPS) is 14.2. The number of piperidine rings is 1. The molecular weight excluding hydrogens is 484 g/mol. The fourth-order valence-electron chi connectivity index (χ4n) is 4.50. The lowest BCUT2D eigenvalue weighted by Gasteiger charge is -2.31. The number of hydrogen-bond donors (Lipinski definition) is 1. The van der Waals surface area contributed by atoms with Crippen molar-refractivity contribution in [3.63, 3.8) is 0 Å². The number of aromatic amines is 1. The molecular formula is C25H25ClN6O4. The SMILES string of the molecule is COc1ccc(C(=O)N2CCC(c3nc4c(nnn4Cc4cccc(Cl)c4)c(=O)[nH]3)CC2)cc1OC. The van der Waals surface area contributed by atoms with Crippen LogP contribution in [0.2, 0.25) is 5.02 Å². The number of amides is 1. The number of nitrogens with zero attached hydrogens (tertiary/aromatic N) is 5. The van der Waals surface area contributed by atoms with E-state index in [4.69, 9.17) is 26.1 Å². The van der Waals surface area contributed by atoms with Crippen LogP contribution in [0.25, 0.3) is 11.2 Å². The largest absolute Gasteiger partial charge is 0.493 e. The van der Waals surface area contributed by atoms with Crippen LogP contribution >= 0.6 is 11.6 Å². The molecule has 1 aliphatic heterocycles. The van der Waals surface area contributed by atoms with E-state index in [2.05, 4.69) is 15.3 Å². The maximum atomic E-state index is 13.1. The van der Waals surface area contributed by atoms with Gasteiger partial charge in [-0.05, 0) is 48.7 Å². The number of rotatable bonds is 6. The zero-order valence-corrected chi connectivity index (χ0v) is 20.7. The monoisotopic (exact) mass is 508 g/mol. The van der Waals surface area contributed by atoms with Gasteiger partial charge in [0.05, 0.1) is 20.8 Å². The van der Waals surface area contributed by atoms with Crippen LogP contribution in [0.5, 0.6) is 11.5 Å². The van der Waals surface area contributed by atoms with Crippen LogP contribution in [0.4, 0.5) is 0 Å². The zero-order chi connectivity index (χ0) is 25.2. The van der Waals surface area contributed by atoms with Gasteiger partial charge in [0.2, 0.25) is 0 Å². The average molecular weight is 509 g/mol. The van der Waals surface area contributed by atoms with Crippen LogP contribution in [-0.2, 0) is 6.54 Å². The smallest absolute Gasteiger partial charge is 0.281 e. The second kappa shape index (κ2) is 9.98. The van der Waals surface area contributed by atoms with E-state index in [1.807, 2.05) is 18.2 Å². The lowest BCUT2D eigenvalue weighted by molar-refractivity contribution is 0.0710. The van der Waals surface area contributed by atoms with Crippen molar-refractivity contribution >= 4 is 28.7 Å². The van der Waals surface area contributed by atoms with Crippen molar-refractivity contribution in [3.8, 4) is 11.5 Å². The van der Waals surface area contributed by atoms with Crippen molar-refractivity contribution in [1.29, 1.82) is 0 Å². The Morgan fingerprint density at radius 3 is 2.61 bits per heavy atom. The molecule has 1 aliphatic rings. The predicted molar refractivity (Wildman–Crippen MR) is 134 cm³/mol. The van der Waals surface area contributed by atoms with E-state index in [9.17, 15) is 9.59 Å². The Hall–Kier alpha value is -3.92. The van der Waals surface area contributed by atoms with Gasteiger partial charge in [-0.2, -0.15) is 0 Å². The van der Waals surface area contributed by atoms with Gasteiger partial charge in [0.1, 0.15) is 5.82 Å². The Morgan fingerprint density at radius 1 is 1.11 bits per heavy atom. The van der Waals surface area contributed by atoms with Crippen LogP contribution in [0.15, 0.2) is 47.3 Å². The number of halogens is 1. The number of methoxy groups -OCH3 is 2. The molecule has 5 rings (SSSR count). The number of likely N-dealkylation sites (tertiary alicyclic amines) is 1. The minimum Gasteiger partial charge on any atom is -0.493 e. The van der Waals surface area contributed by atoms with Crippen LogP contribution in [0, 0.1) is 0 Å². The van der Waals surface area contributed by atoms with E-state index in [0.717, 1.165) is 5.56 Å². The number of benzene rings is 2. The van der Waals surface area contributed by atoms with Crippen molar-refractivity contribution in [2.24, 2.45) is 0 Å². The van der Waals surface area contributed by atoms with Gasteiger partial charge in [-0.25, -0.2) is 9.67 Å². The molecule has 4 aromatic rings. The highest BCUT2D eigenvalue weighted by atomic mass is 35.5. The Morgan fingerprint density at radius 2 is 1.89 bits per heavy atom. The molecule has 1 N–H and O–H groups in total. The quantitative estimate of drug-likeness (QED) is 0.425. The fraction of sp³-hybridized carbons (Fsp3) is 0.320. The van der Waals surface area contributed by atoms with Gasteiger partial charge in [-0.15, -0.1) is 5.10 Å². The molecule has 0 radical (unpaired) electrons. The van der Waals surface area contributed by atoms with Gasteiger partial charge in [-0.3, -0.25) is 9.59 Å². The number of nitrogens with one attached hydrogen (secondary N) is 1. The van der Waals surface area contributed by atoms with Crippen molar-refractivity contribution in [1.82, 2.24) is 29.9 Å². The van der Waals surface area contributed by atoms with E-state index in [0.29, 0.717) is 66.0 Å². The summed E-state index contributed by atoms with van der Waals surface area (Å²) in [5.74, 6) is 1.60. The van der Waals surface area contributed by atoms with Gasteiger partial charge < -0.3 is 19.4 Å². The van der Waals surface area contributed by atoms with Crippen molar-refractivity contribution in [2.45, 2.75) is 25.3 Å². The molecule has 0 unspecified atom stereocenters. The molecule has 0 aliphatic carbocycles. The standard InChI is InChI=1S/C25H25ClN6O4/c1-35-19-7-6-17(13-20(19)36-2)25(34)31-10-8-16(9-11-31)22-27-23-21(24(33)28-22)29-30-32(23)14-15-4-3-5-18(26)12-15/h3-7,12-13,16H,8-11,14H2,1-2H3,(H,27,28,33). The van der Waals surface area contributed by atoms with Gasteiger partial charge in [0.15, 0.2) is 22.7 Å². The van der Waals surface area contributed by atoms with Crippen LogP contribution in [-0.4, -0.2) is 63.1 Å². The van der Waals surface area contributed by atoms with E-state index >= 15 is 0 Å². The molecule has 1 fully saturated rings. The molecule has 36 heavy (non-hydrogen) atoms. The highest BCUT2D eigenvalue weighted by Crippen LogP contribution is 2.30. The minimum absolute atomic E-state index is 0.00562. The third-order valence-electron chi connectivity index (χ3n) is 6.41. The topological polar surface area (TPSA) is 115 Å². The summed E-state index contributed by atoms with van der Waals surface area (Å²) in [6.45, 7) is 1.48. The summed E-state index contributed by atoms with van der Waals surface area (Å²) in [7, 11) is 3.10. The van der Waals surface area contributed by atoms with Gasteiger partial charge in [0, 0.05) is 29.6 Å². The highest BCUT2D eigenvalue weighted by molar-refractivity contribution is 6.30. The molecule has 11 heteroatoms. The summed E-state index contributed by atoms with van der Waals surface area (Å²) in [4.78, 5) is 35.2. The van der Waals surface area contributed by atoms with Crippen LogP contribution in [0.1, 0.15) is 40.5 Å².